The number of nitrogens with one attached hydrogen (secondary N) is 2. The van der Waals surface area contributed by atoms with Crippen LogP contribution in [0.3, 0.4) is 0 Å². The van der Waals surface area contributed by atoms with Gasteiger partial charge in [0.1, 0.15) is 23.3 Å². The van der Waals surface area contributed by atoms with Crippen molar-refractivity contribution >= 4 is 43.4 Å². The topological polar surface area (TPSA) is 145 Å². The predicted molar refractivity (Wildman–Crippen MR) is 160 cm³/mol. The Hall–Kier alpha value is -5.30. The number of anilines is 1. The molecule has 0 saturated carbocycles. The second kappa shape index (κ2) is 9.38. The van der Waals surface area contributed by atoms with Gasteiger partial charge >= 0.3 is 0 Å². The molecule has 6 aromatic heterocycles. The summed E-state index contributed by atoms with van der Waals surface area (Å²) >= 11 is 0. The Labute approximate surface area is 239 Å². The van der Waals surface area contributed by atoms with Crippen molar-refractivity contribution in [2.45, 2.75) is 19.9 Å². The van der Waals surface area contributed by atoms with E-state index in [0.29, 0.717) is 44.9 Å². The Morgan fingerprint density at radius 2 is 1.79 bits per heavy atom. The van der Waals surface area contributed by atoms with Gasteiger partial charge in [-0.25, -0.2) is 31.9 Å². The summed E-state index contributed by atoms with van der Waals surface area (Å²) in [4.78, 5) is 30.3. The molecule has 0 bridgehead atoms. The summed E-state index contributed by atoms with van der Waals surface area (Å²) in [5.41, 5.74) is 4.33. The minimum absolute atomic E-state index is 0.174. The van der Waals surface area contributed by atoms with Crippen LogP contribution in [0.4, 0.5) is 5.82 Å². The maximum absolute atomic E-state index is 13.8. The Bertz CT molecular complexity index is 2320. The predicted octanol–water partition coefficient (Wildman–Crippen LogP) is 4.06. The second-order valence-corrected chi connectivity index (χ2v) is 12.0. The highest BCUT2D eigenvalue weighted by atomic mass is 32.2. The van der Waals surface area contributed by atoms with E-state index in [4.69, 9.17) is 5.10 Å². The molecule has 1 unspecified atom stereocenters. The summed E-state index contributed by atoms with van der Waals surface area (Å²) in [6.07, 6.45) is 9.26. The quantitative estimate of drug-likeness (QED) is 0.300. The number of H-pyrrole nitrogens is 1. The number of para-hydroxylation sites is 1. The standard InChI is InChI=1S/C29H25N9O3S/c1-17-10-13-36-24(17)29(39)38(19-7-5-4-6-8-19)27(35-36)18(2)34-26-23-22(15-31-25(23)32-16-33-26)20-9-12-30-28-21(20)11-14-37(28)42(3,40)41/h4-16,18H,1-3H3,(H2,31,32,33,34). The molecule has 13 heteroatoms. The normalized spacial score (nSPS) is 12.8. The van der Waals surface area contributed by atoms with Gasteiger partial charge in [-0.3, -0.25) is 9.36 Å². The van der Waals surface area contributed by atoms with Gasteiger partial charge in [-0.15, -0.1) is 0 Å². The zero-order valence-electron chi connectivity index (χ0n) is 22.8. The highest BCUT2D eigenvalue weighted by molar-refractivity contribution is 7.89. The molecule has 0 aliphatic rings. The fraction of sp³-hybridized carbons (Fsp3) is 0.138. The first-order valence-corrected chi connectivity index (χ1v) is 15.0. The lowest BCUT2D eigenvalue weighted by atomic mass is 10.0. The minimum Gasteiger partial charge on any atom is -0.360 e. The summed E-state index contributed by atoms with van der Waals surface area (Å²) in [5.74, 6) is 1.02. The zero-order chi connectivity index (χ0) is 29.2. The van der Waals surface area contributed by atoms with Crippen LogP contribution in [0.15, 0.2) is 84.4 Å². The largest absolute Gasteiger partial charge is 0.360 e. The van der Waals surface area contributed by atoms with Gasteiger partial charge in [-0.1, -0.05) is 18.2 Å². The summed E-state index contributed by atoms with van der Waals surface area (Å²) < 4.78 is 29.0. The number of aromatic amines is 1. The van der Waals surface area contributed by atoms with Crippen molar-refractivity contribution in [3.8, 4) is 16.8 Å². The average molecular weight is 580 g/mol. The van der Waals surface area contributed by atoms with Crippen LogP contribution >= 0.6 is 0 Å². The molecule has 2 N–H and O–H groups in total. The van der Waals surface area contributed by atoms with Crippen molar-refractivity contribution in [1.29, 1.82) is 0 Å². The van der Waals surface area contributed by atoms with E-state index in [2.05, 4.69) is 25.3 Å². The van der Waals surface area contributed by atoms with Gasteiger partial charge in [0.15, 0.2) is 11.5 Å². The van der Waals surface area contributed by atoms with Crippen LogP contribution in [0.5, 0.6) is 0 Å². The lowest BCUT2D eigenvalue weighted by Gasteiger charge is -2.20. The highest BCUT2D eigenvalue weighted by Crippen LogP contribution is 2.37. The number of rotatable bonds is 6. The third-order valence-electron chi connectivity index (χ3n) is 7.34. The van der Waals surface area contributed by atoms with Gasteiger partial charge in [-0.05, 0) is 55.3 Å². The van der Waals surface area contributed by atoms with Crippen LogP contribution < -0.4 is 10.9 Å². The minimum atomic E-state index is -3.54. The van der Waals surface area contributed by atoms with E-state index < -0.39 is 16.1 Å². The summed E-state index contributed by atoms with van der Waals surface area (Å²) in [5, 5.41) is 9.67. The number of aromatic nitrogens is 8. The van der Waals surface area contributed by atoms with Crippen molar-refractivity contribution in [1.82, 2.24) is 38.1 Å². The molecular formula is C29H25N9O3S. The van der Waals surface area contributed by atoms with Crippen LogP contribution in [0, 0.1) is 6.92 Å². The number of nitrogens with zero attached hydrogens (tertiary/aromatic N) is 7. The van der Waals surface area contributed by atoms with Crippen molar-refractivity contribution in [2.24, 2.45) is 0 Å². The molecule has 0 spiro atoms. The molecule has 0 saturated heterocycles. The number of hydrogen-bond donors (Lipinski definition) is 2. The maximum Gasteiger partial charge on any atom is 0.282 e. The molecule has 0 amide bonds. The van der Waals surface area contributed by atoms with E-state index in [1.54, 1.807) is 27.5 Å². The van der Waals surface area contributed by atoms with Crippen molar-refractivity contribution in [3.05, 3.63) is 101 Å². The smallest absolute Gasteiger partial charge is 0.282 e. The number of fused-ring (bicyclic) bond motifs is 3. The van der Waals surface area contributed by atoms with E-state index in [0.717, 1.165) is 26.9 Å². The molecule has 1 aromatic carbocycles. The molecule has 1 atom stereocenters. The summed E-state index contributed by atoms with van der Waals surface area (Å²) in [6, 6.07) is 14.4. The van der Waals surface area contributed by atoms with E-state index in [-0.39, 0.29) is 5.56 Å². The van der Waals surface area contributed by atoms with Crippen LogP contribution in [-0.4, -0.2) is 52.8 Å². The molecular weight excluding hydrogens is 554 g/mol. The van der Waals surface area contributed by atoms with E-state index in [9.17, 15) is 13.2 Å². The third kappa shape index (κ3) is 3.96. The van der Waals surface area contributed by atoms with Crippen LogP contribution in [0.2, 0.25) is 0 Å². The molecule has 0 aliphatic heterocycles. The molecule has 12 nitrogen and oxygen atoms in total. The molecule has 42 heavy (non-hydrogen) atoms. The zero-order valence-corrected chi connectivity index (χ0v) is 23.7. The van der Waals surface area contributed by atoms with Crippen molar-refractivity contribution in [2.75, 3.05) is 11.6 Å². The summed E-state index contributed by atoms with van der Waals surface area (Å²) in [6.45, 7) is 3.81. The average Bonchev–Trinajstić information content (AvgIpc) is 3.70. The second-order valence-electron chi connectivity index (χ2n) is 10.1. The lowest BCUT2D eigenvalue weighted by Crippen LogP contribution is -2.29. The highest BCUT2D eigenvalue weighted by Gasteiger charge is 2.23. The van der Waals surface area contributed by atoms with Gasteiger partial charge in [0.05, 0.1) is 23.4 Å². The fourth-order valence-electron chi connectivity index (χ4n) is 5.41. The Kier molecular flexibility index (Phi) is 5.73. The molecule has 7 rings (SSSR count). The monoisotopic (exact) mass is 579 g/mol. The Morgan fingerprint density at radius 1 is 0.976 bits per heavy atom. The Balaban J connectivity index is 1.38. The van der Waals surface area contributed by atoms with Crippen LogP contribution in [0.25, 0.3) is 44.4 Å². The first-order valence-electron chi connectivity index (χ1n) is 13.1. The van der Waals surface area contributed by atoms with E-state index in [1.807, 2.05) is 62.5 Å². The number of pyridine rings is 1. The van der Waals surface area contributed by atoms with Crippen molar-refractivity contribution in [3.63, 3.8) is 0 Å². The molecule has 7 aromatic rings. The van der Waals surface area contributed by atoms with Gasteiger partial charge in [0.25, 0.3) is 5.56 Å². The van der Waals surface area contributed by atoms with Gasteiger partial charge in [-0.2, -0.15) is 5.10 Å². The summed E-state index contributed by atoms with van der Waals surface area (Å²) in [7, 11) is -3.54. The maximum atomic E-state index is 13.8. The molecule has 0 aliphatic carbocycles. The Morgan fingerprint density at radius 3 is 2.57 bits per heavy atom. The molecule has 210 valence electrons. The molecule has 0 radical (unpaired) electrons. The number of aryl methyl sites for hydroxylation is 1. The molecule has 0 fully saturated rings. The van der Waals surface area contributed by atoms with Crippen LogP contribution in [-0.2, 0) is 10.0 Å². The molecule has 6 heterocycles. The number of benzene rings is 1. The first-order chi connectivity index (χ1) is 20.2. The lowest BCUT2D eigenvalue weighted by molar-refractivity contribution is 0.595. The van der Waals surface area contributed by atoms with Gasteiger partial charge < -0.3 is 10.3 Å². The van der Waals surface area contributed by atoms with Gasteiger partial charge in [0, 0.05) is 35.7 Å². The van der Waals surface area contributed by atoms with Gasteiger partial charge in [0.2, 0.25) is 10.0 Å². The third-order valence-corrected chi connectivity index (χ3v) is 8.35. The fourth-order valence-corrected chi connectivity index (χ4v) is 6.15. The first kappa shape index (κ1) is 25.7. The van der Waals surface area contributed by atoms with E-state index >= 15 is 0 Å². The van der Waals surface area contributed by atoms with Crippen LogP contribution in [0.1, 0.15) is 24.4 Å². The van der Waals surface area contributed by atoms with E-state index in [1.165, 1.54) is 12.5 Å². The number of hydrogen-bond acceptors (Lipinski definition) is 8. The van der Waals surface area contributed by atoms with Crippen molar-refractivity contribution < 1.29 is 8.42 Å². The SMILES string of the molecule is Cc1ccn2nc(C(C)Nc3ncnc4[nH]cc(-c5ccnc6c5ccn6S(C)(=O)=O)c34)n(-c3ccccc3)c(=O)c12.